The monoisotopic (exact) mass is 235 g/mol. The molecule has 0 aromatic rings. The maximum atomic E-state index is 10.0. The van der Waals surface area contributed by atoms with Crippen molar-refractivity contribution in [2.75, 3.05) is 13.1 Å². The molecule has 3 heteroatoms. The Morgan fingerprint density at radius 3 is 2.35 bits per heavy atom. The zero-order valence-corrected chi connectivity index (χ0v) is 10.3. The normalized spacial score (nSPS) is 13.4. The van der Waals surface area contributed by atoms with Gasteiger partial charge in [0.25, 0.3) is 0 Å². The van der Waals surface area contributed by atoms with Crippen molar-refractivity contribution in [3.63, 3.8) is 0 Å². The van der Waals surface area contributed by atoms with Crippen molar-refractivity contribution in [2.24, 2.45) is 0 Å². The van der Waals surface area contributed by atoms with Gasteiger partial charge < -0.3 is 10.4 Å². The van der Waals surface area contributed by atoms with Crippen LogP contribution in [0.2, 0.25) is 0 Å². The van der Waals surface area contributed by atoms with Crippen LogP contribution < -0.4 is 5.32 Å². The van der Waals surface area contributed by atoms with E-state index in [1.807, 2.05) is 0 Å². The summed E-state index contributed by atoms with van der Waals surface area (Å²) in [4.78, 5) is 10.0. The Morgan fingerprint density at radius 1 is 1.24 bits per heavy atom. The number of nitrogens with one attached hydrogen (secondary N) is 1. The highest BCUT2D eigenvalue weighted by Crippen LogP contribution is 1.97. The Bertz CT molecular complexity index is 278. The summed E-state index contributed by atoms with van der Waals surface area (Å²) in [6, 6.07) is 0. The topological polar surface area (TPSA) is 49.3 Å². The first-order chi connectivity index (χ1) is 8.27. The second kappa shape index (κ2) is 12.6. The third kappa shape index (κ3) is 14.6. The third-order valence-electron chi connectivity index (χ3n) is 2.31. The molecule has 2 N–H and O–H groups in total. The summed E-state index contributed by atoms with van der Waals surface area (Å²) in [7, 11) is 0. The summed E-state index contributed by atoms with van der Waals surface area (Å²) >= 11 is 0. The fourth-order valence-corrected chi connectivity index (χ4v) is 1.40. The summed E-state index contributed by atoms with van der Waals surface area (Å²) in [5, 5.41) is 11.5. The average molecular weight is 235 g/mol. The molecule has 1 rings (SSSR count). The molecule has 0 aromatic carbocycles. The molecule has 0 aromatic heterocycles. The lowest BCUT2D eigenvalue weighted by atomic mass is 10.2. The van der Waals surface area contributed by atoms with Gasteiger partial charge in [-0.2, -0.15) is 0 Å². The lowest BCUT2D eigenvalue weighted by molar-refractivity contribution is -0.137. The van der Waals surface area contributed by atoms with Crippen LogP contribution in [0.1, 0.15) is 44.9 Å². The molecule has 0 spiro atoms. The van der Waals surface area contributed by atoms with Gasteiger partial charge in [-0.05, 0) is 50.6 Å². The summed E-state index contributed by atoms with van der Waals surface area (Å²) in [5.41, 5.74) is 0. The van der Waals surface area contributed by atoms with Crippen LogP contribution in [0, 0.1) is 24.2 Å². The minimum atomic E-state index is -0.755. The Balaban J connectivity index is 0.000000354. The standard InChI is InChI=1S/C9H10O2.C5H11N/c1-2-3-4-5-6-7-8-9(10)11;1-2-4-6-5-3-1/h1H,5-8H2,(H,10,11);6H,1-5H2. The van der Waals surface area contributed by atoms with E-state index in [1.54, 1.807) is 0 Å². The number of carboxylic acid groups (broad SMARTS) is 1. The van der Waals surface area contributed by atoms with Crippen LogP contribution in [0.25, 0.3) is 0 Å². The summed E-state index contributed by atoms with van der Waals surface area (Å²) in [6.07, 6.45) is 11.5. The van der Waals surface area contributed by atoms with E-state index in [-0.39, 0.29) is 6.42 Å². The summed E-state index contributed by atoms with van der Waals surface area (Å²) in [6.45, 7) is 2.50. The third-order valence-corrected chi connectivity index (χ3v) is 2.31. The van der Waals surface area contributed by atoms with Crippen molar-refractivity contribution in [1.82, 2.24) is 5.32 Å². The van der Waals surface area contributed by atoms with Crippen molar-refractivity contribution in [3.05, 3.63) is 0 Å². The molecule has 0 unspecified atom stereocenters. The van der Waals surface area contributed by atoms with Crippen LogP contribution in [-0.4, -0.2) is 24.2 Å². The number of carbonyl (C=O) groups is 1. The second-order valence-electron chi connectivity index (χ2n) is 3.86. The number of aliphatic carboxylic acids is 1. The molecule has 0 saturated carbocycles. The molecule has 1 heterocycles. The molecule has 0 bridgehead atoms. The quantitative estimate of drug-likeness (QED) is 0.579. The Hall–Kier alpha value is -1.45. The molecule has 0 atom stereocenters. The summed E-state index contributed by atoms with van der Waals surface area (Å²) < 4.78 is 0. The molecule has 0 aliphatic carbocycles. The van der Waals surface area contributed by atoms with E-state index in [1.165, 1.54) is 32.4 Å². The van der Waals surface area contributed by atoms with Crippen LogP contribution in [0.15, 0.2) is 0 Å². The highest BCUT2D eigenvalue weighted by atomic mass is 16.4. The van der Waals surface area contributed by atoms with Gasteiger partial charge in [0.1, 0.15) is 0 Å². The Kier molecular flexibility index (Phi) is 11.5. The minimum Gasteiger partial charge on any atom is -0.481 e. The first-order valence-corrected chi connectivity index (χ1v) is 6.13. The fraction of sp³-hybridized carbons (Fsp3) is 0.643. The van der Waals surface area contributed by atoms with Crippen LogP contribution in [0.5, 0.6) is 0 Å². The molecule has 1 fully saturated rings. The van der Waals surface area contributed by atoms with Gasteiger partial charge in [-0.1, -0.05) is 12.3 Å². The first kappa shape index (κ1) is 15.6. The van der Waals surface area contributed by atoms with Crippen molar-refractivity contribution in [1.29, 1.82) is 0 Å². The van der Waals surface area contributed by atoms with E-state index in [2.05, 4.69) is 23.1 Å². The van der Waals surface area contributed by atoms with E-state index in [9.17, 15) is 4.79 Å². The number of hydrogen-bond acceptors (Lipinski definition) is 2. The van der Waals surface area contributed by atoms with E-state index >= 15 is 0 Å². The lowest BCUT2D eigenvalue weighted by Crippen LogP contribution is -2.21. The van der Waals surface area contributed by atoms with Crippen LogP contribution in [0.3, 0.4) is 0 Å². The zero-order chi connectivity index (χ0) is 12.8. The van der Waals surface area contributed by atoms with Gasteiger partial charge in [-0.3, -0.25) is 4.79 Å². The van der Waals surface area contributed by atoms with Gasteiger partial charge in [0, 0.05) is 12.8 Å². The highest BCUT2D eigenvalue weighted by molar-refractivity contribution is 5.66. The van der Waals surface area contributed by atoms with Crippen molar-refractivity contribution in [2.45, 2.75) is 44.9 Å². The maximum absolute atomic E-state index is 10.0. The van der Waals surface area contributed by atoms with Crippen LogP contribution in [-0.2, 0) is 4.79 Å². The average Bonchev–Trinajstić information content (AvgIpc) is 2.36. The molecule has 1 aliphatic heterocycles. The van der Waals surface area contributed by atoms with Crippen LogP contribution in [0.4, 0.5) is 0 Å². The highest BCUT2D eigenvalue weighted by Gasteiger charge is 1.94. The maximum Gasteiger partial charge on any atom is 0.303 e. The van der Waals surface area contributed by atoms with Gasteiger partial charge in [-0.15, -0.1) is 6.42 Å². The molecule has 0 amide bonds. The van der Waals surface area contributed by atoms with Crippen LogP contribution >= 0.6 is 0 Å². The molecule has 0 radical (unpaired) electrons. The smallest absolute Gasteiger partial charge is 0.303 e. The number of carboxylic acids is 1. The van der Waals surface area contributed by atoms with Gasteiger partial charge in [-0.25, -0.2) is 0 Å². The number of terminal acetylenes is 1. The van der Waals surface area contributed by atoms with Gasteiger partial charge >= 0.3 is 5.97 Å². The molecule has 94 valence electrons. The predicted octanol–water partition coefficient (Wildman–Crippen LogP) is 2.03. The molecule has 3 nitrogen and oxygen atoms in total. The molecule has 1 saturated heterocycles. The molecular weight excluding hydrogens is 214 g/mol. The Labute approximate surface area is 104 Å². The lowest BCUT2D eigenvalue weighted by Gasteiger charge is -2.08. The minimum absolute atomic E-state index is 0.220. The number of piperidine rings is 1. The number of unbranched alkanes of at least 4 members (excludes halogenated alkanes) is 2. The van der Waals surface area contributed by atoms with Crippen molar-refractivity contribution >= 4 is 5.97 Å². The summed E-state index contributed by atoms with van der Waals surface area (Å²) in [5.74, 6) is 6.63. The van der Waals surface area contributed by atoms with Crippen molar-refractivity contribution < 1.29 is 9.90 Å². The number of rotatable bonds is 4. The fourth-order valence-electron chi connectivity index (χ4n) is 1.40. The van der Waals surface area contributed by atoms with E-state index < -0.39 is 5.97 Å². The number of hydrogen-bond donors (Lipinski definition) is 2. The second-order valence-corrected chi connectivity index (χ2v) is 3.86. The predicted molar refractivity (Wildman–Crippen MR) is 69.4 cm³/mol. The molecule has 1 aliphatic rings. The van der Waals surface area contributed by atoms with Gasteiger partial charge in [0.05, 0.1) is 0 Å². The zero-order valence-electron chi connectivity index (χ0n) is 10.3. The van der Waals surface area contributed by atoms with E-state index in [0.29, 0.717) is 12.8 Å². The van der Waals surface area contributed by atoms with Gasteiger partial charge in [0.2, 0.25) is 0 Å². The SMILES string of the molecule is C#CC#CCCCCC(=O)O.C1CCNCC1. The van der Waals surface area contributed by atoms with E-state index in [4.69, 9.17) is 11.5 Å². The largest absolute Gasteiger partial charge is 0.481 e. The Morgan fingerprint density at radius 2 is 1.94 bits per heavy atom. The first-order valence-electron chi connectivity index (χ1n) is 6.13. The van der Waals surface area contributed by atoms with Crippen molar-refractivity contribution in [3.8, 4) is 24.2 Å². The van der Waals surface area contributed by atoms with Gasteiger partial charge in [0.15, 0.2) is 0 Å². The van der Waals surface area contributed by atoms with E-state index in [0.717, 1.165) is 6.42 Å². The molecule has 17 heavy (non-hydrogen) atoms. The molecular formula is C14H21NO2.